The summed E-state index contributed by atoms with van der Waals surface area (Å²) in [7, 11) is 0. The van der Waals surface area contributed by atoms with Crippen LogP contribution in [0.5, 0.6) is 0 Å². The molecule has 0 aromatic carbocycles. The quantitative estimate of drug-likeness (QED) is 0.317. The minimum absolute atomic E-state index is 0.320. The van der Waals surface area contributed by atoms with Crippen molar-refractivity contribution in [1.29, 1.82) is 0 Å². The molecule has 9 nitrogen and oxygen atoms in total. The van der Waals surface area contributed by atoms with Crippen molar-refractivity contribution in [2.75, 3.05) is 32.2 Å². The number of carbonyl (C=O) groups excluding carboxylic acids is 1. The summed E-state index contributed by atoms with van der Waals surface area (Å²) in [6, 6.07) is 3.59. The molecule has 1 aliphatic heterocycles. The third kappa shape index (κ3) is 5.54. The summed E-state index contributed by atoms with van der Waals surface area (Å²) in [5.74, 6) is 0.328. The molecule has 0 aliphatic carbocycles. The van der Waals surface area contributed by atoms with Crippen LogP contribution in [0.2, 0.25) is 0 Å². The SMILES string of the molecule is CCCCOC[C@H]1O[C@@](C=O)(c2ccc3c(N)ncnn23)[C@H](OCCCC)[C@@H]1OCCCC. The van der Waals surface area contributed by atoms with Crippen molar-refractivity contribution in [3.63, 3.8) is 0 Å². The van der Waals surface area contributed by atoms with E-state index in [-0.39, 0.29) is 0 Å². The Hall–Kier alpha value is -2.07. The molecule has 3 rings (SSSR count). The monoisotopic (exact) mass is 462 g/mol. The van der Waals surface area contributed by atoms with E-state index in [0.29, 0.717) is 43.5 Å². The molecule has 0 spiro atoms. The number of hydrogen-bond acceptors (Lipinski definition) is 8. The maximum absolute atomic E-state index is 12.8. The van der Waals surface area contributed by atoms with Gasteiger partial charge in [-0.25, -0.2) is 9.50 Å². The Morgan fingerprint density at radius 1 is 1.09 bits per heavy atom. The number of hydrogen-bond donors (Lipinski definition) is 1. The van der Waals surface area contributed by atoms with Gasteiger partial charge in [0.05, 0.1) is 12.3 Å². The highest BCUT2D eigenvalue weighted by atomic mass is 16.6. The first-order chi connectivity index (χ1) is 16.1. The molecular formula is C24H38N4O5. The fraction of sp³-hybridized carbons (Fsp3) is 0.708. The van der Waals surface area contributed by atoms with Gasteiger partial charge in [-0.1, -0.05) is 40.0 Å². The summed E-state index contributed by atoms with van der Waals surface area (Å²) in [6.07, 6.45) is 6.39. The molecule has 184 valence electrons. The summed E-state index contributed by atoms with van der Waals surface area (Å²) >= 11 is 0. The lowest BCUT2D eigenvalue weighted by molar-refractivity contribution is -0.150. The fourth-order valence-electron chi connectivity index (χ4n) is 4.14. The third-order valence-corrected chi connectivity index (χ3v) is 6.02. The van der Waals surface area contributed by atoms with Gasteiger partial charge in [0.25, 0.3) is 0 Å². The minimum atomic E-state index is -1.41. The van der Waals surface area contributed by atoms with Gasteiger partial charge in [-0.15, -0.1) is 0 Å². The maximum atomic E-state index is 12.8. The van der Waals surface area contributed by atoms with Crippen LogP contribution in [0.4, 0.5) is 5.82 Å². The summed E-state index contributed by atoms with van der Waals surface area (Å²) in [5, 5.41) is 4.34. The highest BCUT2D eigenvalue weighted by molar-refractivity contribution is 5.72. The van der Waals surface area contributed by atoms with Crippen LogP contribution in [0.25, 0.3) is 5.52 Å². The number of aromatic nitrogens is 3. The second kappa shape index (κ2) is 12.4. The molecule has 1 fully saturated rings. The summed E-state index contributed by atoms with van der Waals surface area (Å²) in [6.45, 7) is 8.33. The number of unbranched alkanes of at least 4 members (excludes halogenated alkanes) is 3. The zero-order valence-corrected chi connectivity index (χ0v) is 20.1. The molecule has 0 radical (unpaired) electrons. The van der Waals surface area contributed by atoms with Crippen molar-refractivity contribution in [2.45, 2.75) is 83.2 Å². The lowest BCUT2D eigenvalue weighted by atomic mass is 9.92. The number of carbonyl (C=O) groups is 1. The molecule has 2 aromatic heterocycles. The summed E-state index contributed by atoms with van der Waals surface area (Å²) in [4.78, 5) is 16.9. The van der Waals surface area contributed by atoms with E-state index in [1.807, 2.05) is 0 Å². The van der Waals surface area contributed by atoms with Gasteiger partial charge in [0.1, 0.15) is 30.2 Å². The highest BCUT2D eigenvalue weighted by Gasteiger charge is 2.59. The Morgan fingerprint density at radius 3 is 2.48 bits per heavy atom. The van der Waals surface area contributed by atoms with E-state index >= 15 is 0 Å². The van der Waals surface area contributed by atoms with Gasteiger partial charge in [-0.05, 0) is 31.4 Å². The van der Waals surface area contributed by atoms with Crippen LogP contribution < -0.4 is 5.73 Å². The van der Waals surface area contributed by atoms with Gasteiger partial charge in [0.2, 0.25) is 0 Å². The molecular weight excluding hydrogens is 424 g/mol. The van der Waals surface area contributed by atoms with Crippen molar-refractivity contribution in [3.05, 3.63) is 24.2 Å². The fourth-order valence-corrected chi connectivity index (χ4v) is 4.14. The number of nitrogens with zero attached hydrogens (tertiary/aromatic N) is 3. The van der Waals surface area contributed by atoms with E-state index < -0.39 is 23.9 Å². The van der Waals surface area contributed by atoms with Crippen LogP contribution in [-0.2, 0) is 29.3 Å². The first kappa shape index (κ1) is 25.6. The largest absolute Gasteiger partial charge is 0.382 e. The topological polar surface area (TPSA) is 110 Å². The molecule has 0 bridgehead atoms. The first-order valence-corrected chi connectivity index (χ1v) is 12.2. The van der Waals surface area contributed by atoms with Crippen LogP contribution in [-0.4, -0.2) is 65.6 Å². The molecule has 1 saturated heterocycles. The molecule has 2 aromatic rings. The van der Waals surface area contributed by atoms with E-state index in [1.165, 1.54) is 6.33 Å². The first-order valence-electron chi connectivity index (χ1n) is 12.2. The van der Waals surface area contributed by atoms with Crippen LogP contribution in [0.15, 0.2) is 18.5 Å². The van der Waals surface area contributed by atoms with Crippen LogP contribution in [0.3, 0.4) is 0 Å². The summed E-state index contributed by atoms with van der Waals surface area (Å²) < 4.78 is 26.6. The normalized spacial score (nSPS) is 25.1. The zero-order chi connectivity index (χ0) is 23.7. The third-order valence-electron chi connectivity index (χ3n) is 6.02. The van der Waals surface area contributed by atoms with Crippen LogP contribution in [0.1, 0.15) is 65.0 Å². The van der Waals surface area contributed by atoms with E-state index in [1.54, 1.807) is 16.6 Å². The van der Waals surface area contributed by atoms with Crippen molar-refractivity contribution < 1.29 is 23.7 Å². The molecule has 3 heterocycles. The minimum Gasteiger partial charge on any atom is -0.382 e. The average molecular weight is 463 g/mol. The molecule has 2 N–H and O–H groups in total. The number of nitrogens with two attached hydrogens (primary N) is 1. The van der Waals surface area contributed by atoms with E-state index in [4.69, 9.17) is 24.7 Å². The predicted octanol–water partition coefficient (Wildman–Crippen LogP) is 3.29. The molecule has 1 aliphatic rings. The lowest BCUT2D eigenvalue weighted by Gasteiger charge is -2.30. The van der Waals surface area contributed by atoms with E-state index in [0.717, 1.165) is 44.8 Å². The van der Waals surface area contributed by atoms with Crippen LogP contribution in [0, 0.1) is 0 Å². The number of nitrogen functional groups attached to an aromatic ring is 1. The van der Waals surface area contributed by atoms with Gasteiger partial charge >= 0.3 is 0 Å². The zero-order valence-electron chi connectivity index (χ0n) is 20.1. The highest BCUT2D eigenvalue weighted by Crippen LogP contribution is 2.42. The molecule has 0 unspecified atom stereocenters. The van der Waals surface area contributed by atoms with Crippen molar-refractivity contribution in [2.24, 2.45) is 0 Å². The van der Waals surface area contributed by atoms with E-state index in [9.17, 15) is 4.79 Å². The Balaban J connectivity index is 2.00. The smallest absolute Gasteiger partial charge is 0.194 e. The molecule has 33 heavy (non-hydrogen) atoms. The standard InChI is InChI=1S/C24H38N4O5/c1-4-7-12-30-15-19-21(31-13-8-5-2)22(32-14-9-6-3)24(16-29,33-19)20-11-10-18-23(25)26-17-27-28(18)20/h10-11,16-17,19,21-22H,4-9,12-15H2,1-3H3,(H2,25,26,27)/t19-,21-,22-,24+/m1/s1. The maximum Gasteiger partial charge on any atom is 0.194 e. The Kier molecular flexibility index (Phi) is 9.61. The number of anilines is 1. The number of rotatable bonds is 15. The van der Waals surface area contributed by atoms with E-state index in [2.05, 4.69) is 30.9 Å². The Morgan fingerprint density at radius 2 is 1.79 bits per heavy atom. The van der Waals surface area contributed by atoms with Crippen molar-refractivity contribution >= 4 is 17.6 Å². The van der Waals surface area contributed by atoms with Gasteiger partial charge in [-0.3, -0.25) is 4.79 Å². The predicted molar refractivity (Wildman–Crippen MR) is 125 cm³/mol. The van der Waals surface area contributed by atoms with Gasteiger partial charge < -0.3 is 24.7 Å². The van der Waals surface area contributed by atoms with Crippen molar-refractivity contribution in [3.8, 4) is 0 Å². The van der Waals surface area contributed by atoms with Gasteiger partial charge in [0.15, 0.2) is 17.7 Å². The molecule has 0 amide bonds. The summed E-state index contributed by atoms with van der Waals surface area (Å²) in [5.41, 5.74) is 5.78. The average Bonchev–Trinajstić information content (AvgIpc) is 3.38. The van der Waals surface area contributed by atoms with Gasteiger partial charge in [0, 0.05) is 19.8 Å². The number of aldehydes is 1. The molecule has 4 atom stereocenters. The molecule has 0 saturated carbocycles. The Bertz CT molecular complexity index is 876. The Labute approximate surface area is 195 Å². The molecule has 9 heteroatoms. The number of ether oxygens (including phenoxy) is 4. The van der Waals surface area contributed by atoms with Crippen molar-refractivity contribution in [1.82, 2.24) is 14.6 Å². The second-order valence-corrected chi connectivity index (χ2v) is 8.49. The van der Waals surface area contributed by atoms with Gasteiger partial charge in [-0.2, -0.15) is 5.10 Å². The second-order valence-electron chi connectivity index (χ2n) is 8.49. The lowest BCUT2D eigenvalue weighted by Crippen LogP contribution is -2.46. The number of fused-ring (bicyclic) bond motifs is 1. The van der Waals surface area contributed by atoms with Crippen LogP contribution >= 0.6 is 0 Å².